The number of nitrogens with one attached hydrogen (secondary N) is 2. The number of hydrogen-bond donors (Lipinski definition) is 2. The topological polar surface area (TPSA) is 48.9 Å². The van der Waals surface area contributed by atoms with Gasteiger partial charge in [0.25, 0.3) is 0 Å². The van der Waals surface area contributed by atoms with Gasteiger partial charge >= 0.3 is 0 Å². The van der Waals surface area contributed by atoms with Gasteiger partial charge in [0.05, 0.1) is 12.8 Å². The summed E-state index contributed by atoms with van der Waals surface area (Å²) in [7, 11) is 3.56. The van der Waals surface area contributed by atoms with Crippen LogP contribution in [0.15, 0.2) is 46.8 Å². The number of thiophene rings is 1. The fraction of sp³-hybridized carbons (Fsp3) is 0.476. The van der Waals surface area contributed by atoms with E-state index in [-0.39, 0.29) is 5.41 Å². The molecule has 3 rings (SSSR count). The van der Waals surface area contributed by atoms with Gasteiger partial charge in [-0.05, 0) is 30.0 Å². The molecule has 0 bridgehead atoms. The molecule has 1 aromatic heterocycles. The van der Waals surface area contributed by atoms with Crippen LogP contribution in [0.2, 0.25) is 0 Å². The summed E-state index contributed by atoms with van der Waals surface area (Å²) in [5, 5.41) is 9.22. The van der Waals surface area contributed by atoms with Crippen LogP contribution in [0, 0.1) is 0 Å². The second kappa shape index (κ2) is 8.65. The van der Waals surface area contributed by atoms with E-state index in [1.54, 1.807) is 18.4 Å². The summed E-state index contributed by atoms with van der Waals surface area (Å²) in [6, 6.07) is 12.9. The summed E-state index contributed by atoms with van der Waals surface area (Å²) >= 11 is 1.80. The van der Waals surface area contributed by atoms with Gasteiger partial charge in [0, 0.05) is 43.0 Å². The third-order valence-corrected chi connectivity index (χ3v) is 6.30. The van der Waals surface area contributed by atoms with Gasteiger partial charge in [-0.2, -0.15) is 0 Å². The predicted molar refractivity (Wildman–Crippen MR) is 115 cm³/mol. The Balaban J connectivity index is 1.55. The van der Waals surface area contributed by atoms with Gasteiger partial charge in [-0.25, -0.2) is 0 Å². The van der Waals surface area contributed by atoms with E-state index >= 15 is 0 Å². The van der Waals surface area contributed by atoms with Crippen LogP contribution < -0.4 is 20.3 Å². The first-order valence-electron chi connectivity index (χ1n) is 9.42. The molecule has 146 valence electrons. The molecule has 0 spiro atoms. The molecule has 1 atom stereocenters. The largest absolute Gasteiger partial charge is 0.495 e. The number of rotatable bonds is 6. The Morgan fingerprint density at radius 3 is 2.81 bits per heavy atom. The molecule has 0 radical (unpaired) electrons. The molecule has 1 saturated heterocycles. The molecule has 1 aliphatic rings. The van der Waals surface area contributed by atoms with E-state index in [0.717, 1.165) is 43.5 Å². The zero-order valence-corrected chi connectivity index (χ0v) is 17.5. The fourth-order valence-corrected chi connectivity index (χ4v) is 4.28. The van der Waals surface area contributed by atoms with Crippen molar-refractivity contribution in [1.29, 1.82) is 0 Å². The first-order chi connectivity index (χ1) is 13.0. The lowest BCUT2D eigenvalue weighted by molar-refractivity contribution is 0.415. The van der Waals surface area contributed by atoms with E-state index in [1.165, 1.54) is 4.88 Å². The number of nitrogens with zero attached hydrogens (tertiary/aromatic N) is 2. The summed E-state index contributed by atoms with van der Waals surface area (Å²) in [5.41, 5.74) is 1.23. The minimum Gasteiger partial charge on any atom is -0.495 e. The quantitative estimate of drug-likeness (QED) is 0.589. The Morgan fingerprint density at radius 2 is 2.11 bits per heavy atom. The number of anilines is 1. The van der Waals surface area contributed by atoms with Crippen LogP contribution >= 0.6 is 11.3 Å². The lowest BCUT2D eigenvalue weighted by Crippen LogP contribution is -2.47. The Kier molecular flexibility index (Phi) is 6.26. The number of para-hydroxylation sites is 2. The Hall–Kier alpha value is -2.21. The molecule has 1 aromatic carbocycles. The highest BCUT2D eigenvalue weighted by molar-refractivity contribution is 7.10. The fourth-order valence-electron chi connectivity index (χ4n) is 3.43. The van der Waals surface area contributed by atoms with E-state index in [2.05, 4.69) is 64.0 Å². The van der Waals surface area contributed by atoms with Gasteiger partial charge in [-0.3, -0.25) is 4.99 Å². The average Bonchev–Trinajstić information content (AvgIpc) is 3.37. The monoisotopic (exact) mass is 386 g/mol. The summed E-state index contributed by atoms with van der Waals surface area (Å²) in [5.74, 6) is 1.80. The summed E-state index contributed by atoms with van der Waals surface area (Å²) in [4.78, 5) is 8.18. The number of ether oxygens (including phenoxy) is 1. The van der Waals surface area contributed by atoms with Gasteiger partial charge in [-0.15, -0.1) is 11.3 Å². The molecule has 1 unspecified atom stereocenters. The molecule has 2 heterocycles. The molecule has 6 heteroatoms. The van der Waals surface area contributed by atoms with Crippen molar-refractivity contribution in [3.05, 3.63) is 46.7 Å². The molecule has 0 aliphatic carbocycles. The standard InChI is InChI=1S/C21H30N4OS/c1-21(2,19-10-7-13-27-19)15-23-20(22-3)24-16-11-12-25(14-16)17-8-5-6-9-18(17)26-4/h5-10,13,16H,11-12,14-15H2,1-4H3,(H2,22,23,24). The van der Waals surface area contributed by atoms with Crippen LogP contribution in [0.5, 0.6) is 5.75 Å². The summed E-state index contributed by atoms with van der Waals surface area (Å²) < 4.78 is 5.51. The molecule has 27 heavy (non-hydrogen) atoms. The second-order valence-corrected chi connectivity index (χ2v) is 8.48. The minimum atomic E-state index is 0.0743. The maximum absolute atomic E-state index is 5.51. The SMILES string of the molecule is CN=C(NCC(C)(C)c1cccs1)NC1CCN(c2ccccc2OC)C1. The third-order valence-electron chi connectivity index (χ3n) is 5.06. The highest BCUT2D eigenvalue weighted by atomic mass is 32.1. The van der Waals surface area contributed by atoms with Crippen LogP contribution in [0.25, 0.3) is 0 Å². The van der Waals surface area contributed by atoms with Gasteiger partial charge in [0.15, 0.2) is 5.96 Å². The van der Waals surface area contributed by atoms with Crippen molar-refractivity contribution >= 4 is 23.0 Å². The van der Waals surface area contributed by atoms with E-state index in [0.29, 0.717) is 6.04 Å². The normalized spacial score (nSPS) is 17.9. The minimum absolute atomic E-state index is 0.0743. The molecular formula is C21H30N4OS. The van der Waals surface area contributed by atoms with Gasteiger partial charge < -0.3 is 20.3 Å². The molecule has 0 saturated carbocycles. The van der Waals surface area contributed by atoms with Crippen LogP contribution in [-0.2, 0) is 5.41 Å². The van der Waals surface area contributed by atoms with Crippen LogP contribution in [0.1, 0.15) is 25.1 Å². The van der Waals surface area contributed by atoms with Crippen LogP contribution in [-0.4, -0.2) is 45.8 Å². The Labute approximate surface area is 166 Å². The molecule has 1 fully saturated rings. The van der Waals surface area contributed by atoms with E-state index in [4.69, 9.17) is 4.74 Å². The van der Waals surface area contributed by atoms with Crippen molar-refractivity contribution in [3.63, 3.8) is 0 Å². The number of benzene rings is 1. The van der Waals surface area contributed by atoms with Gasteiger partial charge in [-0.1, -0.05) is 32.0 Å². The number of methoxy groups -OCH3 is 1. The molecule has 1 aliphatic heterocycles. The highest BCUT2D eigenvalue weighted by Crippen LogP contribution is 2.30. The molecule has 2 N–H and O–H groups in total. The Morgan fingerprint density at radius 1 is 1.30 bits per heavy atom. The zero-order valence-electron chi connectivity index (χ0n) is 16.7. The molecule has 5 nitrogen and oxygen atoms in total. The maximum Gasteiger partial charge on any atom is 0.191 e. The third kappa shape index (κ3) is 4.75. The van der Waals surface area contributed by atoms with Gasteiger partial charge in [0.1, 0.15) is 5.75 Å². The smallest absolute Gasteiger partial charge is 0.191 e. The Bertz CT molecular complexity index is 757. The van der Waals surface area contributed by atoms with Crippen LogP contribution in [0.4, 0.5) is 5.69 Å². The van der Waals surface area contributed by atoms with E-state index in [1.807, 2.05) is 19.2 Å². The van der Waals surface area contributed by atoms with Crippen molar-refractivity contribution in [2.75, 3.05) is 38.7 Å². The van der Waals surface area contributed by atoms with Crippen molar-refractivity contribution in [1.82, 2.24) is 10.6 Å². The molecule has 2 aromatic rings. The van der Waals surface area contributed by atoms with E-state index in [9.17, 15) is 0 Å². The zero-order chi connectivity index (χ0) is 19.3. The first-order valence-corrected chi connectivity index (χ1v) is 10.3. The van der Waals surface area contributed by atoms with Crippen molar-refractivity contribution < 1.29 is 4.74 Å². The predicted octanol–water partition coefficient (Wildman–Crippen LogP) is 3.48. The van der Waals surface area contributed by atoms with E-state index < -0.39 is 0 Å². The molecular weight excluding hydrogens is 356 g/mol. The second-order valence-electron chi connectivity index (χ2n) is 7.53. The average molecular weight is 387 g/mol. The summed E-state index contributed by atoms with van der Waals surface area (Å²) in [6.45, 7) is 7.32. The number of aliphatic imine (C=N–C) groups is 1. The van der Waals surface area contributed by atoms with Crippen LogP contribution in [0.3, 0.4) is 0 Å². The van der Waals surface area contributed by atoms with Crippen molar-refractivity contribution in [2.24, 2.45) is 4.99 Å². The summed E-state index contributed by atoms with van der Waals surface area (Å²) in [6.07, 6.45) is 1.08. The number of hydrogen-bond acceptors (Lipinski definition) is 4. The molecule has 0 amide bonds. The highest BCUT2D eigenvalue weighted by Gasteiger charge is 2.26. The lowest BCUT2D eigenvalue weighted by Gasteiger charge is -2.26. The van der Waals surface area contributed by atoms with Crippen molar-refractivity contribution in [2.45, 2.75) is 31.7 Å². The van der Waals surface area contributed by atoms with Crippen molar-refractivity contribution in [3.8, 4) is 5.75 Å². The number of guanidine groups is 1. The maximum atomic E-state index is 5.51. The first kappa shape index (κ1) is 19.5. The van der Waals surface area contributed by atoms with Gasteiger partial charge in [0.2, 0.25) is 0 Å². The lowest BCUT2D eigenvalue weighted by atomic mass is 9.91.